The van der Waals surface area contributed by atoms with Crippen LogP contribution in [-0.4, -0.2) is 193 Å². The van der Waals surface area contributed by atoms with Crippen LogP contribution < -0.4 is 5.32 Å². The minimum Gasteiger partial charge on any atom is -0.394 e. The van der Waals surface area contributed by atoms with Crippen molar-refractivity contribution in [2.75, 3.05) is 26.4 Å². The lowest BCUT2D eigenvalue weighted by Gasteiger charge is -2.48. The standard InChI is InChI=1S/C46H83NO18/c1-3-5-7-9-11-12-13-14-15-16-17-18-19-21-23-30(51)29(47-34(52)24-22-20-10-8-6-4-2)28-60-44-40(58)37(55)42(32(26-49)62-44)65-46-41(59)38(56)43(33(27-50)63-46)64-45-39(57)36(54)35(53)31(25-48)61-45/h16-17,21,23,29-33,35-46,48-51,53-59H,3-15,18-20,22,24-28H2,1-2H3,(H,47,52)/b17-16+,23-21+. The Morgan fingerprint density at radius 2 is 0.985 bits per heavy atom. The van der Waals surface area contributed by atoms with Gasteiger partial charge in [0.2, 0.25) is 5.91 Å². The highest BCUT2D eigenvalue weighted by Gasteiger charge is 2.53. The average molecular weight is 938 g/mol. The second-order valence-corrected chi connectivity index (χ2v) is 17.6. The van der Waals surface area contributed by atoms with E-state index in [-0.39, 0.29) is 18.9 Å². The predicted octanol–water partition coefficient (Wildman–Crippen LogP) is 0.471. The smallest absolute Gasteiger partial charge is 0.220 e. The van der Waals surface area contributed by atoms with Crippen LogP contribution in [0.25, 0.3) is 0 Å². The molecule has 0 bridgehead atoms. The molecular formula is C46H83NO18. The highest BCUT2D eigenvalue weighted by Crippen LogP contribution is 2.33. The fourth-order valence-electron chi connectivity index (χ4n) is 8.14. The van der Waals surface area contributed by atoms with Crippen molar-refractivity contribution in [3.8, 4) is 0 Å². The van der Waals surface area contributed by atoms with Crippen molar-refractivity contribution >= 4 is 5.91 Å². The molecule has 0 spiro atoms. The van der Waals surface area contributed by atoms with E-state index in [9.17, 15) is 61.0 Å². The predicted molar refractivity (Wildman–Crippen MR) is 236 cm³/mol. The number of unbranched alkanes of at least 4 members (excludes halogenated alkanes) is 14. The number of rotatable bonds is 32. The van der Waals surface area contributed by atoms with Crippen molar-refractivity contribution in [1.82, 2.24) is 5.32 Å². The number of nitrogens with one attached hydrogen (secondary N) is 1. The quantitative estimate of drug-likeness (QED) is 0.0322. The van der Waals surface area contributed by atoms with E-state index in [1.54, 1.807) is 6.08 Å². The molecule has 19 heteroatoms. The minimum atomic E-state index is -1.98. The molecule has 17 atom stereocenters. The normalized spacial score (nSPS) is 34.3. The van der Waals surface area contributed by atoms with Gasteiger partial charge in [0.1, 0.15) is 73.2 Å². The third-order valence-electron chi connectivity index (χ3n) is 12.3. The Morgan fingerprint density at radius 3 is 1.54 bits per heavy atom. The Hall–Kier alpha value is -1.73. The van der Waals surface area contributed by atoms with Gasteiger partial charge in [-0.25, -0.2) is 0 Å². The molecular weight excluding hydrogens is 854 g/mol. The molecule has 380 valence electrons. The zero-order chi connectivity index (χ0) is 47.7. The number of amides is 1. The lowest BCUT2D eigenvalue weighted by Crippen LogP contribution is -2.66. The van der Waals surface area contributed by atoms with Crippen molar-refractivity contribution < 1.29 is 89.4 Å². The SMILES string of the molecule is CCCCCCCCCC/C=C/CC/C=C/C(O)C(COC1OC(CO)C(OC2OC(CO)C(OC3OC(CO)C(O)C(O)C3O)C(O)C2O)C(O)C1O)NC(=O)CCCCCCCC. The van der Waals surface area contributed by atoms with Gasteiger partial charge in [-0.05, 0) is 32.1 Å². The number of allylic oxidation sites excluding steroid dienone is 3. The van der Waals surface area contributed by atoms with Crippen LogP contribution in [0.4, 0.5) is 0 Å². The largest absolute Gasteiger partial charge is 0.394 e. The van der Waals surface area contributed by atoms with Crippen LogP contribution in [0, 0.1) is 0 Å². The number of ether oxygens (including phenoxy) is 6. The van der Waals surface area contributed by atoms with Gasteiger partial charge in [0.05, 0.1) is 38.6 Å². The van der Waals surface area contributed by atoms with Crippen LogP contribution in [-0.2, 0) is 33.2 Å². The van der Waals surface area contributed by atoms with E-state index in [0.29, 0.717) is 12.8 Å². The second-order valence-electron chi connectivity index (χ2n) is 17.6. The van der Waals surface area contributed by atoms with E-state index in [4.69, 9.17) is 28.4 Å². The summed E-state index contributed by atoms with van der Waals surface area (Å²) < 4.78 is 33.9. The topological polar surface area (TPSA) is 307 Å². The monoisotopic (exact) mass is 938 g/mol. The van der Waals surface area contributed by atoms with Gasteiger partial charge in [-0.15, -0.1) is 0 Å². The molecule has 65 heavy (non-hydrogen) atoms. The van der Waals surface area contributed by atoms with Crippen LogP contribution in [0.3, 0.4) is 0 Å². The van der Waals surface area contributed by atoms with Gasteiger partial charge < -0.3 is 89.9 Å². The number of carbonyl (C=O) groups excluding carboxylic acids is 1. The summed E-state index contributed by atoms with van der Waals surface area (Å²) in [5, 5.41) is 119. The molecule has 0 aliphatic carbocycles. The van der Waals surface area contributed by atoms with E-state index in [1.807, 2.05) is 6.08 Å². The summed E-state index contributed by atoms with van der Waals surface area (Å²) in [7, 11) is 0. The lowest BCUT2D eigenvalue weighted by molar-refractivity contribution is -0.379. The molecule has 0 radical (unpaired) electrons. The number of hydrogen-bond acceptors (Lipinski definition) is 18. The number of aliphatic hydroxyl groups excluding tert-OH is 11. The summed E-state index contributed by atoms with van der Waals surface area (Å²) >= 11 is 0. The summed E-state index contributed by atoms with van der Waals surface area (Å²) in [4.78, 5) is 13.0. The van der Waals surface area contributed by atoms with Gasteiger partial charge in [-0.3, -0.25) is 4.79 Å². The fourth-order valence-corrected chi connectivity index (χ4v) is 8.14. The van der Waals surface area contributed by atoms with E-state index < -0.39 is 124 Å². The van der Waals surface area contributed by atoms with E-state index in [0.717, 1.165) is 51.4 Å². The molecule has 0 aromatic heterocycles. The molecule has 3 fully saturated rings. The van der Waals surface area contributed by atoms with Crippen LogP contribution in [0.1, 0.15) is 129 Å². The molecule has 19 nitrogen and oxygen atoms in total. The molecule has 1 amide bonds. The summed E-state index contributed by atoms with van der Waals surface area (Å²) in [6, 6.07) is -0.980. The molecule has 0 aromatic carbocycles. The van der Waals surface area contributed by atoms with Gasteiger partial charge in [-0.1, -0.05) is 115 Å². The highest BCUT2D eigenvalue weighted by molar-refractivity contribution is 5.76. The van der Waals surface area contributed by atoms with E-state index in [1.165, 1.54) is 44.9 Å². The van der Waals surface area contributed by atoms with Crippen molar-refractivity contribution in [3.63, 3.8) is 0 Å². The molecule has 3 aliphatic heterocycles. The second kappa shape index (κ2) is 32.2. The Bertz CT molecular complexity index is 1310. The maximum Gasteiger partial charge on any atom is 0.220 e. The minimum absolute atomic E-state index is 0.233. The first kappa shape index (κ1) is 57.6. The van der Waals surface area contributed by atoms with E-state index >= 15 is 0 Å². The van der Waals surface area contributed by atoms with Crippen molar-refractivity contribution in [2.24, 2.45) is 0 Å². The van der Waals surface area contributed by atoms with Gasteiger partial charge in [0.15, 0.2) is 18.9 Å². The van der Waals surface area contributed by atoms with Crippen molar-refractivity contribution in [3.05, 3.63) is 24.3 Å². The summed E-state index contributed by atoms with van der Waals surface area (Å²) in [5.41, 5.74) is 0. The highest BCUT2D eigenvalue weighted by atomic mass is 16.8. The molecule has 0 saturated carbocycles. The fraction of sp³-hybridized carbons (Fsp3) is 0.891. The zero-order valence-corrected chi connectivity index (χ0v) is 38.5. The first-order valence-electron chi connectivity index (χ1n) is 24.1. The third kappa shape index (κ3) is 18.9. The maximum atomic E-state index is 13.0. The number of carbonyl (C=O) groups is 1. The summed E-state index contributed by atoms with van der Waals surface area (Å²) in [6.07, 6.45) is -0.451. The lowest BCUT2D eigenvalue weighted by atomic mass is 9.96. The van der Waals surface area contributed by atoms with Gasteiger partial charge in [0, 0.05) is 6.42 Å². The van der Waals surface area contributed by atoms with Crippen LogP contribution in [0.15, 0.2) is 24.3 Å². The maximum absolute atomic E-state index is 13.0. The van der Waals surface area contributed by atoms with Crippen LogP contribution in [0.2, 0.25) is 0 Å². The van der Waals surface area contributed by atoms with Gasteiger partial charge >= 0.3 is 0 Å². The number of aliphatic hydroxyl groups is 11. The average Bonchev–Trinajstić information content (AvgIpc) is 3.30. The molecule has 17 unspecified atom stereocenters. The summed E-state index contributed by atoms with van der Waals surface area (Å²) in [5.74, 6) is -0.299. The van der Waals surface area contributed by atoms with Gasteiger partial charge in [-0.2, -0.15) is 0 Å². The van der Waals surface area contributed by atoms with Crippen molar-refractivity contribution in [2.45, 2.75) is 234 Å². The van der Waals surface area contributed by atoms with Crippen molar-refractivity contribution in [1.29, 1.82) is 0 Å². The molecule has 0 aromatic rings. The number of hydrogen-bond donors (Lipinski definition) is 12. The van der Waals surface area contributed by atoms with E-state index in [2.05, 4.69) is 31.3 Å². The van der Waals surface area contributed by atoms with Gasteiger partial charge in [0.25, 0.3) is 0 Å². The third-order valence-corrected chi connectivity index (χ3v) is 12.3. The van der Waals surface area contributed by atoms with Crippen LogP contribution in [0.5, 0.6) is 0 Å². The molecule has 3 aliphatic rings. The van der Waals surface area contributed by atoms with Crippen LogP contribution >= 0.6 is 0 Å². The Kier molecular flexibility index (Phi) is 28.5. The molecule has 12 N–H and O–H groups in total. The Morgan fingerprint density at radius 1 is 0.538 bits per heavy atom. The molecule has 3 saturated heterocycles. The molecule has 3 heterocycles. The Labute approximate surface area is 384 Å². The molecule has 3 rings (SSSR count). The first-order chi connectivity index (χ1) is 31.3. The summed E-state index contributed by atoms with van der Waals surface area (Å²) in [6.45, 7) is 1.56. The zero-order valence-electron chi connectivity index (χ0n) is 38.5. The first-order valence-corrected chi connectivity index (χ1v) is 24.1. The Balaban J connectivity index is 1.58.